The van der Waals surface area contributed by atoms with Gasteiger partial charge in [0.15, 0.2) is 5.13 Å². The van der Waals surface area contributed by atoms with Crippen molar-refractivity contribution in [2.75, 3.05) is 5.32 Å². The summed E-state index contributed by atoms with van der Waals surface area (Å²) in [6.07, 6.45) is 4.36. The molecule has 0 saturated carbocycles. The van der Waals surface area contributed by atoms with Crippen LogP contribution in [0.3, 0.4) is 0 Å². The van der Waals surface area contributed by atoms with Gasteiger partial charge in [0.25, 0.3) is 5.91 Å². The van der Waals surface area contributed by atoms with Gasteiger partial charge in [-0.3, -0.25) is 10.1 Å². The molecule has 0 fully saturated rings. The molecule has 0 aliphatic heterocycles. The van der Waals surface area contributed by atoms with Gasteiger partial charge in [-0.15, -0.1) is 11.8 Å². The number of hydrogen-bond acceptors (Lipinski definition) is 6. The molecule has 24 heavy (non-hydrogen) atoms. The fraction of sp³-hybridized carbons (Fsp3) is 0.235. The van der Waals surface area contributed by atoms with Crippen molar-refractivity contribution in [3.05, 3.63) is 59.4 Å². The number of amides is 1. The van der Waals surface area contributed by atoms with E-state index >= 15 is 0 Å². The minimum absolute atomic E-state index is 0.140. The summed E-state index contributed by atoms with van der Waals surface area (Å²) < 4.78 is 6.59. The molecule has 1 amide bonds. The lowest BCUT2D eigenvalue weighted by molar-refractivity contribution is 0.102. The molecule has 0 spiro atoms. The molecule has 1 aromatic carbocycles. The van der Waals surface area contributed by atoms with Gasteiger partial charge in [-0.25, -0.2) is 9.97 Å². The van der Waals surface area contributed by atoms with E-state index in [1.165, 1.54) is 11.3 Å². The van der Waals surface area contributed by atoms with E-state index in [0.29, 0.717) is 22.3 Å². The molecule has 1 N–H and O–H groups in total. The van der Waals surface area contributed by atoms with Crippen LogP contribution in [0.4, 0.5) is 5.13 Å². The Morgan fingerprint density at radius 2 is 2.12 bits per heavy atom. The van der Waals surface area contributed by atoms with E-state index in [9.17, 15) is 4.79 Å². The number of aryl methyl sites for hydroxylation is 2. The van der Waals surface area contributed by atoms with Crippen molar-refractivity contribution in [3.63, 3.8) is 0 Å². The van der Waals surface area contributed by atoms with Crippen LogP contribution in [0.25, 0.3) is 0 Å². The van der Waals surface area contributed by atoms with Gasteiger partial charge >= 0.3 is 0 Å². The molecule has 0 aliphatic rings. The smallest absolute Gasteiger partial charge is 0.257 e. The van der Waals surface area contributed by atoms with Gasteiger partial charge in [0.1, 0.15) is 5.76 Å². The number of thioether (sulfide) groups is 1. The molecule has 0 aliphatic carbocycles. The van der Waals surface area contributed by atoms with Crippen LogP contribution in [0.5, 0.6) is 0 Å². The molecule has 5 nitrogen and oxygen atoms in total. The maximum Gasteiger partial charge on any atom is 0.257 e. The summed E-state index contributed by atoms with van der Waals surface area (Å²) in [6.45, 7) is 3.95. The average molecular weight is 359 g/mol. The van der Waals surface area contributed by atoms with E-state index in [2.05, 4.69) is 15.3 Å². The number of carbonyl (C=O) groups is 1. The minimum atomic E-state index is -0.140. The van der Waals surface area contributed by atoms with Crippen molar-refractivity contribution >= 4 is 34.1 Å². The monoisotopic (exact) mass is 359 g/mol. The number of nitrogens with zero attached hydrogens (tertiary/aromatic N) is 2. The van der Waals surface area contributed by atoms with Crippen LogP contribution in [0, 0.1) is 6.92 Å². The van der Waals surface area contributed by atoms with E-state index in [1.54, 1.807) is 24.2 Å². The van der Waals surface area contributed by atoms with Crippen LogP contribution in [-0.2, 0) is 12.2 Å². The molecule has 3 rings (SSSR count). The molecule has 7 heteroatoms. The standard InChI is InChI=1S/C17H17N3O2S2/c1-3-12-8-18-14(22-12)10-23-15-9-19-17(24-15)20-16(21)13-7-5-4-6-11(13)2/h4-9H,3,10H2,1-2H3,(H,19,20,21). The second-order valence-corrected chi connectivity index (χ2v) is 7.42. The van der Waals surface area contributed by atoms with Gasteiger partial charge in [0.2, 0.25) is 5.89 Å². The Bertz CT molecular complexity index is 842. The number of aromatic nitrogens is 2. The van der Waals surface area contributed by atoms with Crippen molar-refractivity contribution in [1.82, 2.24) is 9.97 Å². The van der Waals surface area contributed by atoms with E-state index < -0.39 is 0 Å². The normalized spacial score (nSPS) is 10.8. The summed E-state index contributed by atoms with van der Waals surface area (Å²) in [5, 5.41) is 3.44. The Morgan fingerprint density at radius 3 is 2.88 bits per heavy atom. The molecule has 0 atom stereocenters. The number of oxazole rings is 1. The number of nitrogens with one attached hydrogen (secondary N) is 1. The lowest BCUT2D eigenvalue weighted by atomic mass is 10.1. The van der Waals surface area contributed by atoms with Gasteiger partial charge in [0, 0.05) is 12.0 Å². The maximum atomic E-state index is 12.3. The van der Waals surface area contributed by atoms with E-state index in [0.717, 1.165) is 22.0 Å². The van der Waals surface area contributed by atoms with Crippen LogP contribution in [0.15, 0.2) is 45.3 Å². The second kappa shape index (κ2) is 7.63. The molecule has 3 aromatic rings. The SMILES string of the molecule is CCc1cnc(CSc2cnc(NC(=O)c3ccccc3C)s2)o1. The Kier molecular flexibility index (Phi) is 5.32. The van der Waals surface area contributed by atoms with Gasteiger partial charge < -0.3 is 4.42 Å². The number of carbonyl (C=O) groups excluding carboxylic acids is 1. The summed E-state index contributed by atoms with van der Waals surface area (Å²) in [7, 11) is 0. The lowest BCUT2D eigenvalue weighted by Crippen LogP contribution is -2.12. The fourth-order valence-corrected chi connectivity index (χ4v) is 3.81. The number of rotatable bonds is 6. The fourth-order valence-electron chi connectivity index (χ4n) is 2.09. The first-order valence-corrected chi connectivity index (χ1v) is 9.35. The predicted octanol–water partition coefficient (Wildman–Crippen LogP) is 4.55. The van der Waals surface area contributed by atoms with Crippen molar-refractivity contribution in [2.45, 2.75) is 30.2 Å². The molecule has 0 radical (unpaired) electrons. The van der Waals surface area contributed by atoms with Gasteiger partial charge in [0.05, 0.1) is 22.4 Å². The largest absolute Gasteiger partial charge is 0.445 e. The Hall–Kier alpha value is -2.12. The van der Waals surface area contributed by atoms with Crippen LogP contribution in [0.1, 0.15) is 34.5 Å². The molecule has 2 heterocycles. The Morgan fingerprint density at radius 1 is 1.29 bits per heavy atom. The van der Waals surface area contributed by atoms with Crippen LogP contribution >= 0.6 is 23.1 Å². The molecule has 0 unspecified atom stereocenters. The topological polar surface area (TPSA) is 68.0 Å². The highest BCUT2D eigenvalue weighted by Gasteiger charge is 2.12. The number of thiazole rings is 1. The lowest BCUT2D eigenvalue weighted by Gasteiger charge is -2.04. The van der Waals surface area contributed by atoms with Crippen molar-refractivity contribution in [2.24, 2.45) is 0 Å². The molecule has 0 bridgehead atoms. The van der Waals surface area contributed by atoms with Gasteiger partial charge in [-0.2, -0.15) is 0 Å². The zero-order valence-corrected chi connectivity index (χ0v) is 15.0. The summed E-state index contributed by atoms with van der Waals surface area (Å²) in [5.74, 6) is 2.10. The van der Waals surface area contributed by atoms with Gasteiger partial charge in [-0.1, -0.05) is 36.5 Å². The molecular weight excluding hydrogens is 342 g/mol. The highest BCUT2D eigenvalue weighted by molar-refractivity contribution is 8.00. The van der Waals surface area contributed by atoms with Crippen LogP contribution in [-0.4, -0.2) is 15.9 Å². The Labute approximate surface area is 148 Å². The summed E-state index contributed by atoms with van der Waals surface area (Å²) in [6, 6.07) is 7.49. The molecular formula is C17H17N3O2S2. The maximum absolute atomic E-state index is 12.3. The summed E-state index contributed by atoms with van der Waals surface area (Å²) in [4.78, 5) is 20.8. The van der Waals surface area contributed by atoms with Crippen molar-refractivity contribution < 1.29 is 9.21 Å². The van der Waals surface area contributed by atoms with E-state index in [-0.39, 0.29) is 5.91 Å². The van der Waals surface area contributed by atoms with Crippen LogP contribution in [0.2, 0.25) is 0 Å². The van der Waals surface area contributed by atoms with E-state index in [1.807, 2.05) is 38.1 Å². The summed E-state index contributed by atoms with van der Waals surface area (Å²) >= 11 is 3.04. The third-order valence-electron chi connectivity index (χ3n) is 3.38. The minimum Gasteiger partial charge on any atom is -0.445 e. The first-order chi connectivity index (χ1) is 11.7. The Balaban J connectivity index is 1.59. The number of anilines is 1. The zero-order valence-electron chi connectivity index (χ0n) is 13.4. The van der Waals surface area contributed by atoms with Crippen molar-refractivity contribution in [3.8, 4) is 0 Å². The number of benzene rings is 1. The highest BCUT2D eigenvalue weighted by Crippen LogP contribution is 2.30. The van der Waals surface area contributed by atoms with Gasteiger partial charge in [-0.05, 0) is 18.6 Å². The summed E-state index contributed by atoms with van der Waals surface area (Å²) in [5.41, 5.74) is 1.60. The van der Waals surface area contributed by atoms with Crippen molar-refractivity contribution in [1.29, 1.82) is 0 Å². The first kappa shape index (κ1) is 16.7. The highest BCUT2D eigenvalue weighted by atomic mass is 32.2. The first-order valence-electron chi connectivity index (χ1n) is 7.55. The predicted molar refractivity (Wildman–Crippen MR) is 96.7 cm³/mol. The molecule has 124 valence electrons. The average Bonchev–Trinajstić information content (AvgIpc) is 3.22. The third-order valence-corrected chi connectivity index (χ3v) is 5.47. The number of hydrogen-bond donors (Lipinski definition) is 1. The van der Waals surface area contributed by atoms with Crippen LogP contribution < -0.4 is 5.32 Å². The van der Waals surface area contributed by atoms with E-state index in [4.69, 9.17) is 4.42 Å². The molecule has 2 aromatic heterocycles. The molecule has 0 saturated heterocycles. The second-order valence-electron chi connectivity index (χ2n) is 5.12. The third kappa shape index (κ3) is 4.04. The zero-order chi connectivity index (χ0) is 16.9. The quantitative estimate of drug-likeness (QED) is 0.654.